The van der Waals surface area contributed by atoms with Crippen LogP contribution in [0.3, 0.4) is 0 Å². The van der Waals surface area contributed by atoms with Crippen LogP contribution in [-0.4, -0.2) is 12.1 Å². The normalized spacial score (nSPS) is 10.1. The molecule has 82 valence electrons. The maximum absolute atomic E-state index is 10.6. The summed E-state index contributed by atoms with van der Waals surface area (Å²) in [6.45, 7) is 2.21. The number of ketones is 1. The van der Waals surface area contributed by atoms with Crippen molar-refractivity contribution in [1.82, 2.24) is 0 Å². The van der Waals surface area contributed by atoms with Crippen LogP contribution < -0.4 is 0 Å². The Balaban J connectivity index is 2.99. The van der Waals surface area contributed by atoms with Crippen LogP contribution in [0.5, 0.6) is 0 Å². The standard InChI is InChI=1S/C12H22O2/c1-2-3-4-5-6-7-8-9-10-12(14)11-13/h11H,2-10H2,1H3. The molecule has 0 spiro atoms. The van der Waals surface area contributed by atoms with Crippen molar-refractivity contribution in [2.75, 3.05) is 0 Å². The molecule has 0 aliphatic carbocycles. The average molecular weight is 198 g/mol. The van der Waals surface area contributed by atoms with E-state index in [-0.39, 0.29) is 5.78 Å². The molecule has 2 nitrogen and oxygen atoms in total. The molecule has 0 atom stereocenters. The SMILES string of the molecule is CCCCCCCCCCC(=O)C=O. The molecular weight excluding hydrogens is 176 g/mol. The first-order valence-electron chi connectivity index (χ1n) is 5.79. The van der Waals surface area contributed by atoms with Gasteiger partial charge >= 0.3 is 0 Å². The van der Waals surface area contributed by atoms with Crippen molar-refractivity contribution < 1.29 is 9.59 Å². The van der Waals surface area contributed by atoms with Crippen LogP contribution in [0.15, 0.2) is 0 Å². The Kier molecular flexibility index (Phi) is 9.93. The van der Waals surface area contributed by atoms with E-state index >= 15 is 0 Å². The highest BCUT2D eigenvalue weighted by atomic mass is 16.2. The zero-order valence-electron chi connectivity index (χ0n) is 9.26. The second-order valence-corrected chi connectivity index (χ2v) is 3.81. The smallest absolute Gasteiger partial charge is 0.195 e. The summed E-state index contributed by atoms with van der Waals surface area (Å²) in [5.41, 5.74) is 0. The number of carbonyl (C=O) groups excluding carboxylic acids is 2. The van der Waals surface area contributed by atoms with Gasteiger partial charge in [-0.3, -0.25) is 9.59 Å². The van der Waals surface area contributed by atoms with E-state index in [1.165, 1.54) is 38.5 Å². The number of aldehydes is 1. The molecule has 0 amide bonds. The molecule has 0 aromatic heterocycles. The van der Waals surface area contributed by atoms with Crippen LogP contribution in [0.4, 0.5) is 0 Å². The summed E-state index contributed by atoms with van der Waals surface area (Å²) in [4.78, 5) is 20.6. The minimum atomic E-state index is -0.254. The minimum Gasteiger partial charge on any atom is -0.295 e. The third-order valence-corrected chi connectivity index (χ3v) is 2.41. The Hall–Kier alpha value is -0.660. The maximum Gasteiger partial charge on any atom is 0.195 e. The van der Waals surface area contributed by atoms with Crippen molar-refractivity contribution in [3.63, 3.8) is 0 Å². The molecule has 0 saturated carbocycles. The van der Waals surface area contributed by atoms with Gasteiger partial charge in [0.25, 0.3) is 0 Å². The molecule has 0 aromatic rings. The zero-order valence-corrected chi connectivity index (χ0v) is 9.26. The fourth-order valence-corrected chi connectivity index (χ4v) is 1.49. The molecule has 0 unspecified atom stereocenters. The van der Waals surface area contributed by atoms with Gasteiger partial charge in [0, 0.05) is 6.42 Å². The first kappa shape index (κ1) is 13.3. The molecule has 0 bridgehead atoms. The second kappa shape index (κ2) is 10.4. The lowest BCUT2D eigenvalue weighted by Crippen LogP contribution is -1.97. The van der Waals surface area contributed by atoms with Gasteiger partial charge in [0.1, 0.15) is 0 Å². The van der Waals surface area contributed by atoms with Gasteiger partial charge in [-0.1, -0.05) is 51.9 Å². The third kappa shape index (κ3) is 9.43. The summed E-state index contributed by atoms with van der Waals surface area (Å²) in [7, 11) is 0. The van der Waals surface area contributed by atoms with Gasteiger partial charge in [0.2, 0.25) is 0 Å². The van der Waals surface area contributed by atoms with Gasteiger partial charge in [-0.05, 0) is 6.42 Å². The molecule has 0 rings (SSSR count). The molecule has 0 fully saturated rings. The topological polar surface area (TPSA) is 34.1 Å². The predicted molar refractivity (Wildman–Crippen MR) is 58.3 cm³/mol. The van der Waals surface area contributed by atoms with E-state index in [1.54, 1.807) is 0 Å². The van der Waals surface area contributed by atoms with E-state index in [2.05, 4.69) is 6.92 Å². The summed E-state index contributed by atoms with van der Waals surface area (Å²) in [5, 5.41) is 0. The van der Waals surface area contributed by atoms with Crippen molar-refractivity contribution in [2.45, 2.75) is 64.7 Å². The zero-order chi connectivity index (χ0) is 10.6. The number of unbranched alkanes of at least 4 members (excludes halogenated alkanes) is 7. The quantitative estimate of drug-likeness (QED) is 0.306. The van der Waals surface area contributed by atoms with E-state index in [0.29, 0.717) is 12.7 Å². The van der Waals surface area contributed by atoms with Crippen LogP contribution in [0.1, 0.15) is 64.7 Å². The molecule has 14 heavy (non-hydrogen) atoms. The number of hydrogen-bond donors (Lipinski definition) is 0. The first-order chi connectivity index (χ1) is 6.81. The van der Waals surface area contributed by atoms with Crippen molar-refractivity contribution in [3.05, 3.63) is 0 Å². The summed E-state index contributed by atoms with van der Waals surface area (Å²) >= 11 is 0. The maximum atomic E-state index is 10.6. The Morgan fingerprint density at radius 1 is 0.929 bits per heavy atom. The molecule has 0 aliphatic heterocycles. The van der Waals surface area contributed by atoms with E-state index in [9.17, 15) is 9.59 Å². The largest absolute Gasteiger partial charge is 0.295 e. The fraction of sp³-hybridized carbons (Fsp3) is 0.833. The van der Waals surface area contributed by atoms with E-state index in [0.717, 1.165) is 12.8 Å². The average Bonchev–Trinajstić information content (AvgIpc) is 2.21. The highest BCUT2D eigenvalue weighted by molar-refractivity contribution is 6.24. The van der Waals surface area contributed by atoms with Crippen molar-refractivity contribution in [2.24, 2.45) is 0 Å². The lowest BCUT2D eigenvalue weighted by molar-refractivity contribution is -0.129. The summed E-state index contributed by atoms with van der Waals surface area (Å²) in [6.07, 6.45) is 10.6. The van der Waals surface area contributed by atoms with Gasteiger partial charge in [0.05, 0.1) is 0 Å². The molecule has 0 aliphatic rings. The number of hydrogen-bond acceptors (Lipinski definition) is 2. The fourth-order valence-electron chi connectivity index (χ4n) is 1.49. The number of rotatable bonds is 10. The minimum absolute atomic E-state index is 0.254. The van der Waals surface area contributed by atoms with E-state index < -0.39 is 0 Å². The van der Waals surface area contributed by atoms with Gasteiger partial charge in [-0.15, -0.1) is 0 Å². The number of carbonyl (C=O) groups is 2. The summed E-state index contributed by atoms with van der Waals surface area (Å²) in [6, 6.07) is 0. The molecule has 0 radical (unpaired) electrons. The summed E-state index contributed by atoms with van der Waals surface area (Å²) < 4.78 is 0. The Morgan fingerprint density at radius 2 is 1.43 bits per heavy atom. The van der Waals surface area contributed by atoms with Crippen molar-refractivity contribution in [1.29, 1.82) is 0 Å². The number of Topliss-reactive ketones (excluding diaryl/α,β-unsaturated/α-hetero) is 1. The lowest BCUT2D eigenvalue weighted by Gasteiger charge is -1.99. The Labute approximate surface area is 87.1 Å². The van der Waals surface area contributed by atoms with Crippen LogP contribution in [0.2, 0.25) is 0 Å². The van der Waals surface area contributed by atoms with Crippen LogP contribution in [0.25, 0.3) is 0 Å². The molecule has 0 saturated heterocycles. The van der Waals surface area contributed by atoms with Crippen molar-refractivity contribution >= 4 is 12.1 Å². The van der Waals surface area contributed by atoms with Gasteiger partial charge in [-0.2, -0.15) is 0 Å². The molecule has 2 heteroatoms. The van der Waals surface area contributed by atoms with Gasteiger partial charge in [-0.25, -0.2) is 0 Å². The second-order valence-electron chi connectivity index (χ2n) is 3.81. The van der Waals surface area contributed by atoms with Crippen LogP contribution >= 0.6 is 0 Å². The summed E-state index contributed by atoms with van der Waals surface area (Å²) in [5.74, 6) is -0.254. The van der Waals surface area contributed by atoms with E-state index in [4.69, 9.17) is 0 Å². The van der Waals surface area contributed by atoms with Crippen molar-refractivity contribution in [3.8, 4) is 0 Å². The highest BCUT2D eigenvalue weighted by Crippen LogP contribution is 2.09. The lowest BCUT2D eigenvalue weighted by atomic mass is 10.1. The Morgan fingerprint density at radius 3 is 1.93 bits per heavy atom. The first-order valence-corrected chi connectivity index (χ1v) is 5.79. The molecule has 0 N–H and O–H groups in total. The van der Waals surface area contributed by atoms with E-state index in [1.807, 2.05) is 0 Å². The molecule has 0 aromatic carbocycles. The van der Waals surface area contributed by atoms with Gasteiger partial charge < -0.3 is 0 Å². The molecule has 0 heterocycles. The Bertz CT molecular complexity index is 152. The molecular formula is C12H22O2. The monoisotopic (exact) mass is 198 g/mol. The van der Waals surface area contributed by atoms with Crippen LogP contribution in [0, 0.1) is 0 Å². The van der Waals surface area contributed by atoms with Crippen LogP contribution in [-0.2, 0) is 9.59 Å². The van der Waals surface area contributed by atoms with Gasteiger partial charge in [0.15, 0.2) is 12.1 Å². The predicted octanol–water partition coefficient (Wildman–Crippen LogP) is 3.29. The third-order valence-electron chi connectivity index (χ3n) is 2.41. The highest BCUT2D eigenvalue weighted by Gasteiger charge is 1.97.